The van der Waals surface area contributed by atoms with Gasteiger partial charge in [-0.05, 0) is 32.4 Å². The van der Waals surface area contributed by atoms with Crippen LogP contribution in [0.2, 0.25) is 5.02 Å². The van der Waals surface area contributed by atoms with Gasteiger partial charge >= 0.3 is 0 Å². The predicted octanol–water partition coefficient (Wildman–Crippen LogP) is 3.30. The molecular weight excluding hydrogens is 243 g/mol. The molecule has 0 amide bonds. The minimum absolute atomic E-state index is 0.00972. The third-order valence-electron chi connectivity index (χ3n) is 2.90. The van der Waals surface area contributed by atoms with Crippen molar-refractivity contribution >= 4 is 11.6 Å². The van der Waals surface area contributed by atoms with Crippen LogP contribution in [-0.2, 0) is 0 Å². The molecule has 1 N–H and O–H groups in total. The van der Waals surface area contributed by atoms with E-state index in [9.17, 15) is 9.50 Å². The summed E-state index contributed by atoms with van der Waals surface area (Å²) in [7, 11) is 0. The van der Waals surface area contributed by atoms with Crippen LogP contribution in [-0.4, -0.2) is 14.9 Å². The number of nitrogens with zero attached hydrogens (tertiary/aromatic N) is 2. The van der Waals surface area contributed by atoms with Gasteiger partial charge in [0.25, 0.3) is 0 Å². The molecular formula is C12H12ClFN2O. The Bertz CT molecular complexity index is 593. The first kappa shape index (κ1) is 11.9. The van der Waals surface area contributed by atoms with Crippen LogP contribution in [0, 0.1) is 26.6 Å². The molecule has 5 heteroatoms. The Morgan fingerprint density at radius 3 is 2.47 bits per heavy atom. The molecule has 0 radical (unpaired) electrons. The Labute approximate surface area is 103 Å². The number of phenols is 1. The van der Waals surface area contributed by atoms with Crippen molar-refractivity contribution in [1.82, 2.24) is 9.78 Å². The highest BCUT2D eigenvalue weighted by atomic mass is 35.5. The molecule has 17 heavy (non-hydrogen) atoms. The van der Waals surface area contributed by atoms with Gasteiger partial charge in [-0.1, -0.05) is 11.6 Å². The molecule has 0 aliphatic carbocycles. The summed E-state index contributed by atoms with van der Waals surface area (Å²) in [5.74, 6) is -0.674. The van der Waals surface area contributed by atoms with E-state index in [0.29, 0.717) is 0 Å². The normalized spacial score (nSPS) is 10.9. The molecule has 1 aromatic carbocycles. The molecule has 90 valence electrons. The molecule has 0 fully saturated rings. The molecule has 0 aliphatic heterocycles. The fraction of sp³-hybridized carbons (Fsp3) is 0.250. The molecule has 2 rings (SSSR count). The lowest BCUT2D eigenvalue weighted by atomic mass is 10.2. The maximum atomic E-state index is 13.8. The van der Waals surface area contributed by atoms with Gasteiger partial charge in [-0.25, -0.2) is 9.07 Å². The maximum Gasteiger partial charge on any atom is 0.150 e. The van der Waals surface area contributed by atoms with Crippen molar-refractivity contribution in [1.29, 1.82) is 0 Å². The monoisotopic (exact) mass is 254 g/mol. The number of hydrogen-bond acceptors (Lipinski definition) is 2. The van der Waals surface area contributed by atoms with Crippen molar-refractivity contribution in [3.63, 3.8) is 0 Å². The molecule has 0 unspecified atom stereocenters. The summed E-state index contributed by atoms with van der Waals surface area (Å²) in [6.45, 7) is 5.62. The number of aromatic nitrogens is 2. The minimum Gasteiger partial charge on any atom is -0.506 e. The molecule has 0 bridgehead atoms. The fourth-order valence-electron chi connectivity index (χ4n) is 1.64. The smallest absolute Gasteiger partial charge is 0.150 e. The Hall–Kier alpha value is -1.55. The quantitative estimate of drug-likeness (QED) is 0.848. The van der Waals surface area contributed by atoms with E-state index < -0.39 is 5.82 Å². The minimum atomic E-state index is -0.515. The molecule has 0 spiro atoms. The lowest BCUT2D eigenvalue weighted by Crippen LogP contribution is -2.02. The SMILES string of the molecule is Cc1nn(-c2cc(O)c(Cl)cc2F)c(C)c1C. The van der Waals surface area contributed by atoms with Crippen molar-refractivity contribution < 1.29 is 9.50 Å². The highest BCUT2D eigenvalue weighted by Crippen LogP contribution is 2.29. The molecule has 0 saturated carbocycles. The van der Waals surface area contributed by atoms with Gasteiger partial charge in [0.1, 0.15) is 11.4 Å². The molecule has 0 atom stereocenters. The van der Waals surface area contributed by atoms with Crippen LogP contribution in [0.4, 0.5) is 4.39 Å². The van der Waals surface area contributed by atoms with E-state index in [1.807, 2.05) is 20.8 Å². The number of aryl methyl sites for hydroxylation is 1. The number of aromatic hydroxyl groups is 1. The van der Waals surface area contributed by atoms with E-state index in [1.54, 1.807) is 0 Å². The number of phenolic OH excluding ortho intramolecular Hbond substituents is 1. The standard InChI is InChI=1S/C12H12ClFN2O/c1-6-7(2)15-16(8(6)3)11-5-12(17)9(13)4-10(11)14/h4-5,17H,1-3H3. The van der Waals surface area contributed by atoms with Crippen molar-refractivity contribution in [3.05, 3.63) is 39.9 Å². The van der Waals surface area contributed by atoms with Crippen LogP contribution in [0.25, 0.3) is 5.69 Å². The first-order chi connectivity index (χ1) is 7.91. The fourth-order valence-corrected chi connectivity index (χ4v) is 1.79. The van der Waals surface area contributed by atoms with Gasteiger partial charge in [0.05, 0.1) is 10.7 Å². The van der Waals surface area contributed by atoms with E-state index in [2.05, 4.69) is 5.10 Å². The lowest BCUT2D eigenvalue weighted by molar-refractivity contribution is 0.472. The zero-order chi connectivity index (χ0) is 12.7. The van der Waals surface area contributed by atoms with E-state index in [0.717, 1.165) is 23.0 Å². The van der Waals surface area contributed by atoms with Gasteiger partial charge in [-0.2, -0.15) is 5.10 Å². The average molecular weight is 255 g/mol. The van der Waals surface area contributed by atoms with Gasteiger partial charge in [0.2, 0.25) is 0 Å². The Kier molecular flexibility index (Phi) is 2.83. The summed E-state index contributed by atoms with van der Waals surface area (Å²) in [6, 6.07) is 2.36. The van der Waals surface area contributed by atoms with Crippen LogP contribution in [0.3, 0.4) is 0 Å². The summed E-state index contributed by atoms with van der Waals surface area (Å²) in [4.78, 5) is 0. The lowest BCUT2D eigenvalue weighted by Gasteiger charge is -2.07. The van der Waals surface area contributed by atoms with Crippen molar-refractivity contribution in [3.8, 4) is 11.4 Å². The largest absolute Gasteiger partial charge is 0.506 e. The number of halogens is 2. The molecule has 1 heterocycles. The predicted molar refractivity (Wildman–Crippen MR) is 64.4 cm³/mol. The highest BCUT2D eigenvalue weighted by molar-refractivity contribution is 6.32. The molecule has 1 aromatic heterocycles. The number of benzene rings is 1. The Morgan fingerprint density at radius 2 is 1.94 bits per heavy atom. The second kappa shape index (κ2) is 4.04. The first-order valence-electron chi connectivity index (χ1n) is 5.13. The van der Waals surface area contributed by atoms with Gasteiger partial charge < -0.3 is 5.11 Å². The third-order valence-corrected chi connectivity index (χ3v) is 3.20. The highest BCUT2D eigenvalue weighted by Gasteiger charge is 2.14. The van der Waals surface area contributed by atoms with E-state index >= 15 is 0 Å². The van der Waals surface area contributed by atoms with Crippen LogP contribution in [0.1, 0.15) is 17.0 Å². The molecule has 3 nitrogen and oxygen atoms in total. The number of rotatable bonds is 1. The van der Waals surface area contributed by atoms with Crippen LogP contribution in [0.15, 0.2) is 12.1 Å². The molecule has 0 aliphatic rings. The Morgan fingerprint density at radius 1 is 1.29 bits per heavy atom. The van der Waals surface area contributed by atoms with Gasteiger partial charge in [0, 0.05) is 11.8 Å². The van der Waals surface area contributed by atoms with Crippen molar-refractivity contribution in [2.75, 3.05) is 0 Å². The third kappa shape index (κ3) is 1.89. The average Bonchev–Trinajstić information content (AvgIpc) is 2.51. The topological polar surface area (TPSA) is 38.0 Å². The van der Waals surface area contributed by atoms with E-state index in [1.165, 1.54) is 10.7 Å². The van der Waals surface area contributed by atoms with Crippen LogP contribution in [0.5, 0.6) is 5.75 Å². The van der Waals surface area contributed by atoms with Crippen LogP contribution >= 0.6 is 11.6 Å². The zero-order valence-electron chi connectivity index (χ0n) is 9.75. The summed E-state index contributed by atoms with van der Waals surface area (Å²) in [5.41, 5.74) is 2.86. The van der Waals surface area contributed by atoms with Gasteiger partial charge in [-0.3, -0.25) is 0 Å². The van der Waals surface area contributed by atoms with E-state index in [4.69, 9.17) is 11.6 Å². The number of hydrogen-bond donors (Lipinski definition) is 1. The molecule has 0 saturated heterocycles. The van der Waals surface area contributed by atoms with Gasteiger partial charge in [-0.15, -0.1) is 0 Å². The van der Waals surface area contributed by atoms with Crippen molar-refractivity contribution in [2.24, 2.45) is 0 Å². The summed E-state index contributed by atoms with van der Waals surface area (Å²) >= 11 is 5.63. The van der Waals surface area contributed by atoms with Gasteiger partial charge in [0.15, 0.2) is 5.82 Å². The van der Waals surface area contributed by atoms with E-state index in [-0.39, 0.29) is 16.5 Å². The second-order valence-electron chi connectivity index (χ2n) is 3.96. The summed E-state index contributed by atoms with van der Waals surface area (Å²) in [5, 5.41) is 13.7. The summed E-state index contributed by atoms with van der Waals surface area (Å²) < 4.78 is 15.2. The van der Waals surface area contributed by atoms with Crippen molar-refractivity contribution in [2.45, 2.75) is 20.8 Å². The summed E-state index contributed by atoms with van der Waals surface area (Å²) in [6.07, 6.45) is 0. The zero-order valence-corrected chi connectivity index (χ0v) is 10.5. The van der Waals surface area contributed by atoms with Crippen LogP contribution < -0.4 is 0 Å². The molecule has 2 aromatic rings. The first-order valence-corrected chi connectivity index (χ1v) is 5.51. The maximum absolute atomic E-state index is 13.8. The second-order valence-corrected chi connectivity index (χ2v) is 4.37. The Balaban J connectivity index is 2.68.